The van der Waals surface area contributed by atoms with Crippen LogP contribution in [0.15, 0.2) is 24.3 Å². The Morgan fingerprint density at radius 1 is 1.35 bits per heavy atom. The highest BCUT2D eigenvalue weighted by atomic mass is 15.2. The maximum atomic E-state index is 6.02. The Morgan fingerprint density at radius 2 is 2.15 bits per heavy atom. The molecule has 1 aliphatic heterocycles. The number of aromatic nitrogens is 2. The fraction of sp³-hybridized carbons (Fsp3) is 0.467. The highest BCUT2D eigenvalue weighted by Crippen LogP contribution is 2.22. The molecule has 1 fully saturated rings. The van der Waals surface area contributed by atoms with Crippen molar-refractivity contribution in [3.05, 3.63) is 30.1 Å². The van der Waals surface area contributed by atoms with E-state index in [1.54, 1.807) is 0 Å². The van der Waals surface area contributed by atoms with Crippen molar-refractivity contribution >= 4 is 16.7 Å². The van der Waals surface area contributed by atoms with Gasteiger partial charge in [0.1, 0.15) is 11.6 Å². The Morgan fingerprint density at radius 3 is 2.90 bits per heavy atom. The largest absolute Gasteiger partial charge is 0.383 e. The van der Waals surface area contributed by atoms with Crippen LogP contribution in [0.2, 0.25) is 0 Å². The molecule has 0 saturated carbocycles. The van der Waals surface area contributed by atoms with Crippen LogP contribution in [0.3, 0.4) is 0 Å². The Bertz CT molecular complexity index is 610. The summed E-state index contributed by atoms with van der Waals surface area (Å²) in [6.07, 6.45) is 1.15. The summed E-state index contributed by atoms with van der Waals surface area (Å²) in [7, 11) is 0. The normalized spacial score (nSPS) is 21.4. The predicted molar refractivity (Wildman–Crippen MR) is 81.0 cm³/mol. The minimum atomic E-state index is 0.252. The number of fused-ring (bicyclic) bond motifs is 1. The van der Waals surface area contributed by atoms with E-state index in [0.717, 1.165) is 42.8 Å². The van der Waals surface area contributed by atoms with Gasteiger partial charge in [0.25, 0.3) is 0 Å². The molecule has 2 aromatic rings. The highest BCUT2D eigenvalue weighted by Gasteiger charge is 2.25. The third-order valence-corrected chi connectivity index (χ3v) is 4.10. The lowest BCUT2D eigenvalue weighted by molar-refractivity contribution is 0.301. The van der Waals surface area contributed by atoms with Crippen LogP contribution in [-0.2, 0) is 6.54 Å². The van der Waals surface area contributed by atoms with Crippen molar-refractivity contribution in [3.63, 3.8) is 0 Å². The van der Waals surface area contributed by atoms with E-state index in [1.807, 2.05) is 24.3 Å². The number of anilines is 1. The van der Waals surface area contributed by atoms with Crippen LogP contribution >= 0.6 is 0 Å². The molecule has 1 aliphatic rings. The van der Waals surface area contributed by atoms with E-state index in [-0.39, 0.29) is 6.04 Å². The fourth-order valence-electron chi connectivity index (χ4n) is 2.86. The molecular formula is C15H21N5. The molecule has 1 saturated heterocycles. The summed E-state index contributed by atoms with van der Waals surface area (Å²) in [5.74, 6) is 1.94. The molecule has 2 atom stereocenters. The van der Waals surface area contributed by atoms with Crippen molar-refractivity contribution in [2.75, 3.05) is 18.8 Å². The number of para-hydroxylation sites is 1. The first kappa shape index (κ1) is 13.3. The zero-order chi connectivity index (χ0) is 14.1. The van der Waals surface area contributed by atoms with Crippen LogP contribution in [0.25, 0.3) is 10.9 Å². The molecule has 0 amide bonds. The summed E-state index contributed by atoms with van der Waals surface area (Å²) in [5.41, 5.74) is 12.9. The van der Waals surface area contributed by atoms with E-state index < -0.39 is 0 Å². The van der Waals surface area contributed by atoms with Gasteiger partial charge in [0.05, 0.1) is 12.1 Å². The first-order chi connectivity index (χ1) is 9.63. The van der Waals surface area contributed by atoms with E-state index in [0.29, 0.717) is 11.7 Å². The summed E-state index contributed by atoms with van der Waals surface area (Å²) < 4.78 is 0. The van der Waals surface area contributed by atoms with Crippen LogP contribution in [0.1, 0.15) is 19.2 Å². The monoisotopic (exact) mass is 271 g/mol. The molecule has 106 valence electrons. The van der Waals surface area contributed by atoms with E-state index in [2.05, 4.69) is 21.8 Å². The summed E-state index contributed by atoms with van der Waals surface area (Å²) in [5, 5.41) is 0.922. The maximum Gasteiger partial charge on any atom is 0.145 e. The van der Waals surface area contributed by atoms with Crippen LogP contribution in [0.5, 0.6) is 0 Å². The Hall–Kier alpha value is -1.72. The number of hydrogen-bond acceptors (Lipinski definition) is 5. The van der Waals surface area contributed by atoms with Crippen molar-refractivity contribution in [1.29, 1.82) is 0 Å². The number of hydrogen-bond donors (Lipinski definition) is 2. The van der Waals surface area contributed by atoms with Crippen molar-refractivity contribution in [3.8, 4) is 0 Å². The van der Waals surface area contributed by atoms with Gasteiger partial charge >= 0.3 is 0 Å². The molecule has 20 heavy (non-hydrogen) atoms. The molecule has 5 nitrogen and oxygen atoms in total. The topological polar surface area (TPSA) is 81.1 Å². The van der Waals surface area contributed by atoms with Gasteiger partial charge in [-0.1, -0.05) is 12.1 Å². The number of nitrogen functional groups attached to an aromatic ring is 1. The summed E-state index contributed by atoms with van der Waals surface area (Å²) in [4.78, 5) is 11.4. The van der Waals surface area contributed by atoms with Crippen LogP contribution in [0.4, 0.5) is 5.82 Å². The smallest absolute Gasteiger partial charge is 0.145 e. The molecule has 0 aliphatic carbocycles. The average molecular weight is 271 g/mol. The first-order valence-corrected chi connectivity index (χ1v) is 7.12. The molecule has 1 aromatic heterocycles. The van der Waals surface area contributed by atoms with Crippen molar-refractivity contribution < 1.29 is 0 Å². The second-order valence-electron chi connectivity index (χ2n) is 5.69. The molecule has 3 rings (SSSR count). The average Bonchev–Trinajstić information content (AvgIpc) is 2.87. The molecule has 0 radical (unpaired) electrons. The molecule has 5 heteroatoms. The maximum absolute atomic E-state index is 6.02. The second-order valence-corrected chi connectivity index (χ2v) is 5.69. The fourth-order valence-corrected chi connectivity index (χ4v) is 2.86. The van der Waals surface area contributed by atoms with Crippen LogP contribution < -0.4 is 11.5 Å². The Labute approximate surface area is 119 Å². The van der Waals surface area contributed by atoms with Gasteiger partial charge in [-0.05, 0) is 37.9 Å². The second kappa shape index (κ2) is 5.34. The molecular weight excluding hydrogens is 250 g/mol. The minimum Gasteiger partial charge on any atom is -0.383 e. The van der Waals surface area contributed by atoms with E-state index in [9.17, 15) is 0 Å². The molecule has 4 N–H and O–H groups in total. The zero-order valence-corrected chi connectivity index (χ0v) is 11.8. The van der Waals surface area contributed by atoms with E-state index in [1.165, 1.54) is 0 Å². The van der Waals surface area contributed by atoms with Crippen molar-refractivity contribution in [1.82, 2.24) is 14.9 Å². The predicted octanol–water partition coefficient (Wildman–Crippen LogP) is 1.38. The van der Waals surface area contributed by atoms with Gasteiger partial charge in [0.2, 0.25) is 0 Å². The van der Waals surface area contributed by atoms with Gasteiger partial charge in [-0.3, -0.25) is 4.90 Å². The van der Waals surface area contributed by atoms with E-state index >= 15 is 0 Å². The summed E-state index contributed by atoms with van der Waals surface area (Å²) in [6, 6.07) is 8.11. The van der Waals surface area contributed by atoms with Gasteiger partial charge < -0.3 is 11.5 Å². The molecule has 2 heterocycles. The van der Waals surface area contributed by atoms with Crippen LogP contribution in [-0.4, -0.2) is 34.0 Å². The minimum absolute atomic E-state index is 0.252. The van der Waals surface area contributed by atoms with Crippen LogP contribution in [0, 0.1) is 5.92 Å². The number of benzene rings is 1. The van der Waals surface area contributed by atoms with Gasteiger partial charge in [-0.25, -0.2) is 9.97 Å². The van der Waals surface area contributed by atoms with E-state index in [4.69, 9.17) is 11.5 Å². The SMILES string of the molecule is CC(N)C1CCN(Cc2nc(N)c3ccccc3n2)C1. The lowest BCUT2D eigenvalue weighted by Gasteiger charge is -2.17. The summed E-state index contributed by atoms with van der Waals surface area (Å²) >= 11 is 0. The quantitative estimate of drug-likeness (QED) is 0.881. The summed E-state index contributed by atoms with van der Waals surface area (Å²) in [6.45, 7) is 4.91. The lowest BCUT2D eigenvalue weighted by Crippen LogP contribution is -2.29. The molecule has 2 unspecified atom stereocenters. The highest BCUT2D eigenvalue weighted by molar-refractivity contribution is 5.87. The number of nitrogens with zero attached hydrogens (tertiary/aromatic N) is 3. The van der Waals surface area contributed by atoms with Gasteiger partial charge in [0, 0.05) is 18.0 Å². The first-order valence-electron chi connectivity index (χ1n) is 7.12. The number of nitrogens with two attached hydrogens (primary N) is 2. The standard InChI is InChI=1S/C15H21N5/c1-10(16)11-6-7-20(8-11)9-14-18-13-5-3-2-4-12(13)15(17)19-14/h2-5,10-11H,6-9,16H2,1H3,(H2,17,18,19). The molecule has 0 spiro atoms. The molecule has 0 bridgehead atoms. The Kier molecular flexibility index (Phi) is 3.54. The lowest BCUT2D eigenvalue weighted by atomic mass is 10.0. The zero-order valence-electron chi connectivity index (χ0n) is 11.8. The van der Waals surface area contributed by atoms with Gasteiger partial charge in [-0.2, -0.15) is 0 Å². The molecule has 1 aromatic carbocycles. The third-order valence-electron chi connectivity index (χ3n) is 4.10. The van der Waals surface area contributed by atoms with Crippen molar-refractivity contribution in [2.24, 2.45) is 11.7 Å². The van der Waals surface area contributed by atoms with Gasteiger partial charge in [0.15, 0.2) is 0 Å². The Balaban J connectivity index is 1.78. The number of likely N-dealkylation sites (tertiary alicyclic amines) is 1. The number of rotatable bonds is 3. The van der Waals surface area contributed by atoms with Gasteiger partial charge in [-0.15, -0.1) is 0 Å². The van der Waals surface area contributed by atoms with Crippen molar-refractivity contribution in [2.45, 2.75) is 25.9 Å². The third kappa shape index (κ3) is 2.59.